The average Bonchev–Trinajstić information content (AvgIpc) is 2.63. The van der Waals surface area contributed by atoms with Gasteiger partial charge in [-0.2, -0.15) is 0 Å². The third-order valence-corrected chi connectivity index (χ3v) is 4.06. The van der Waals surface area contributed by atoms with Crippen molar-refractivity contribution in [2.75, 3.05) is 18.4 Å². The van der Waals surface area contributed by atoms with Crippen LogP contribution in [-0.4, -0.2) is 34.9 Å². The van der Waals surface area contributed by atoms with Crippen LogP contribution in [0.1, 0.15) is 12.8 Å². The summed E-state index contributed by atoms with van der Waals surface area (Å²) < 4.78 is 0. The van der Waals surface area contributed by atoms with Crippen LogP contribution < -0.4 is 5.32 Å². The summed E-state index contributed by atoms with van der Waals surface area (Å²) in [5.41, 5.74) is 3.92. The van der Waals surface area contributed by atoms with Crippen molar-refractivity contribution < 1.29 is 5.21 Å². The Hall–Kier alpha value is -2.82. The van der Waals surface area contributed by atoms with Gasteiger partial charge >= 0.3 is 0 Å². The van der Waals surface area contributed by atoms with Gasteiger partial charge in [-0.15, -0.1) is 0 Å². The molecule has 3 N–H and O–H groups in total. The minimum absolute atomic E-state index is 0.380. The van der Waals surface area contributed by atoms with Gasteiger partial charge in [-0.3, -0.25) is 5.41 Å². The van der Waals surface area contributed by atoms with Gasteiger partial charge in [-0.05, 0) is 11.6 Å². The molecule has 1 fully saturated rings. The number of nitrogens with one attached hydrogen (secondary N) is 2. The molecule has 2 aromatic carbocycles. The molecular formula is C18H20N4O. The maximum absolute atomic E-state index is 8.81. The molecule has 5 heteroatoms. The third-order valence-electron chi connectivity index (χ3n) is 4.06. The fourth-order valence-corrected chi connectivity index (χ4v) is 2.76. The van der Waals surface area contributed by atoms with E-state index in [-0.39, 0.29) is 0 Å². The maximum Gasteiger partial charge on any atom is 0.195 e. The fraction of sp³-hybridized carbons (Fsp3) is 0.222. The monoisotopic (exact) mass is 308 g/mol. The Morgan fingerprint density at radius 1 is 1.00 bits per heavy atom. The summed E-state index contributed by atoms with van der Waals surface area (Å²) in [7, 11) is 0. The van der Waals surface area contributed by atoms with E-state index in [0.717, 1.165) is 22.5 Å². The summed E-state index contributed by atoms with van der Waals surface area (Å²) in [4.78, 5) is 1.97. The number of piperidine rings is 1. The fourth-order valence-electron chi connectivity index (χ4n) is 2.76. The van der Waals surface area contributed by atoms with Crippen molar-refractivity contribution in [1.29, 1.82) is 5.41 Å². The van der Waals surface area contributed by atoms with Crippen molar-refractivity contribution in [2.24, 2.45) is 5.16 Å². The van der Waals surface area contributed by atoms with E-state index in [1.807, 2.05) is 41.3 Å². The normalized spacial score (nSPS) is 14.4. The Morgan fingerprint density at radius 3 is 2.35 bits per heavy atom. The third kappa shape index (κ3) is 3.51. The Morgan fingerprint density at radius 2 is 1.65 bits per heavy atom. The van der Waals surface area contributed by atoms with Crippen molar-refractivity contribution in [2.45, 2.75) is 12.8 Å². The predicted molar refractivity (Wildman–Crippen MR) is 93.3 cm³/mol. The number of rotatable bonds is 2. The molecule has 1 aliphatic rings. The molecule has 1 heterocycles. The van der Waals surface area contributed by atoms with Crippen LogP contribution in [0.25, 0.3) is 11.1 Å². The van der Waals surface area contributed by atoms with Gasteiger partial charge in [0.05, 0.1) is 5.71 Å². The van der Waals surface area contributed by atoms with Crippen molar-refractivity contribution in [1.82, 2.24) is 4.90 Å². The summed E-state index contributed by atoms with van der Waals surface area (Å²) >= 11 is 0. The standard InChI is InChI=1S/C18H20N4O/c19-18(22-12-10-15(21-23)11-13-22)20-17-9-5-4-8-16(17)14-6-2-1-3-7-14/h1-9,23H,10-13H2,(H2,19,20). The van der Waals surface area contributed by atoms with Gasteiger partial charge in [0, 0.05) is 37.2 Å². The van der Waals surface area contributed by atoms with Crippen LogP contribution in [0.5, 0.6) is 0 Å². The number of hydrogen-bond acceptors (Lipinski definition) is 3. The van der Waals surface area contributed by atoms with Crippen molar-refractivity contribution in [3.63, 3.8) is 0 Å². The van der Waals surface area contributed by atoms with Gasteiger partial charge in [0.15, 0.2) is 5.96 Å². The first-order valence-corrected chi connectivity index (χ1v) is 7.72. The number of oxime groups is 1. The van der Waals surface area contributed by atoms with E-state index in [1.54, 1.807) is 0 Å². The quantitative estimate of drug-likeness (QED) is 0.343. The molecule has 2 aromatic rings. The highest BCUT2D eigenvalue weighted by Crippen LogP contribution is 2.27. The molecule has 23 heavy (non-hydrogen) atoms. The number of para-hydroxylation sites is 1. The molecule has 0 spiro atoms. The summed E-state index contributed by atoms with van der Waals surface area (Å²) in [5, 5.41) is 23.6. The molecule has 0 unspecified atom stereocenters. The van der Waals surface area contributed by atoms with Crippen LogP contribution in [0.15, 0.2) is 59.8 Å². The van der Waals surface area contributed by atoms with E-state index in [9.17, 15) is 0 Å². The first kappa shape index (κ1) is 15.1. The first-order chi connectivity index (χ1) is 11.3. The van der Waals surface area contributed by atoms with Gasteiger partial charge in [0.1, 0.15) is 0 Å². The summed E-state index contributed by atoms with van der Waals surface area (Å²) in [6.07, 6.45) is 1.39. The van der Waals surface area contributed by atoms with E-state index in [1.165, 1.54) is 0 Å². The van der Waals surface area contributed by atoms with Crippen molar-refractivity contribution in [3.8, 4) is 11.1 Å². The van der Waals surface area contributed by atoms with E-state index in [4.69, 9.17) is 10.6 Å². The van der Waals surface area contributed by atoms with Crippen molar-refractivity contribution >= 4 is 17.4 Å². The van der Waals surface area contributed by atoms with Crippen LogP contribution in [0.3, 0.4) is 0 Å². The van der Waals surface area contributed by atoms with Gasteiger partial charge in [-0.25, -0.2) is 0 Å². The highest BCUT2D eigenvalue weighted by Gasteiger charge is 2.18. The molecule has 0 bridgehead atoms. The zero-order valence-corrected chi connectivity index (χ0v) is 12.9. The van der Waals surface area contributed by atoms with Gasteiger partial charge < -0.3 is 15.4 Å². The molecule has 0 saturated carbocycles. The second kappa shape index (κ2) is 6.96. The second-order valence-corrected chi connectivity index (χ2v) is 5.54. The lowest BCUT2D eigenvalue weighted by atomic mass is 10.0. The Labute approximate surface area is 135 Å². The number of benzene rings is 2. The topological polar surface area (TPSA) is 71.7 Å². The number of anilines is 1. The number of nitrogens with zero attached hydrogens (tertiary/aromatic N) is 2. The molecule has 118 valence electrons. The minimum Gasteiger partial charge on any atom is -0.411 e. The first-order valence-electron chi connectivity index (χ1n) is 7.72. The molecule has 3 rings (SSSR count). The molecule has 0 atom stereocenters. The summed E-state index contributed by atoms with van der Waals surface area (Å²) in [5.74, 6) is 0.380. The smallest absolute Gasteiger partial charge is 0.195 e. The second-order valence-electron chi connectivity index (χ2n) is 5.54. The lowest BCUT2D eigenvalue weighted by Gasteiger charge is -2.30. The van der Waals surface area contributed by atoms with Crippen LogP contribution in [0.2, 0.25) is 0 Å². The number of hydrogen-bond donors (Lipinski definition) is 3. The lowest BCUT2D eigenvalue weighted by Crippen LogP contribution is -2.41. The van der Waals surface area contributed by atoms with Crippen LogP contribution in [0, 0.1) is 5.41 Å². The van der Waals surface area contributed by atoms with Gasteiger partial charge in [0.2, 0.25) is 0 Å². The summed E-state index contributed by atoms with van der Waals surface area (Å²) in [6.45, 7) is 1.39. The van der Waals surface area contributed by atoms with Crippen LogP contribution in [-0.2, 0) is 0 Å². The van der Waals surface area contributed by atoms with E-state index in [2.05, 4.69) is 28.7 Å². The molecule has 0 aliphatic carbocycles. The lowest BCUT2D eigenvalue weighted by molar-refractivity contribution is 0.309. The van der Waals surface area contributed by atoms with Crippen LogP contribution in [0.4, 0.5) is 5.69 Å². The molecule has 0 aromatic heterocycles. The molecule has 1 aliphatic heterocycles. The van der Waals surface area contributed by atoms with Crippen molar-refractivity contribution in [3.05, 3.63) is 54.6 Å². The van der Waals surface area contributed by atoms with Gasteiger partial charge in [0.25, 0.3) is 0 Å². The largest absolute Gasteiger partial charge is 0.411 e. The number of guanidine groups is 1. The average molecular weight is 308 g/mol. The Bertz CT molecular complexity index is 702. The highest BCUT2D eigenvalue weighted by atomic mass is 16.4. The highest BCUT2D eigenvalue weighted by molar-refractivity contribution is 5.97. The number of likely N-dealkylation sites (tertiary alicyclic amines) is 1. The molecular weight excluding hydrogens is 288 g/mol. The Balaban J connectivity index is 1.75. The molecule has 1 saturated heterocycles. The van der Waals surface area contributed by atoms with Crippen LogP contribution >= 0.6 is 0 Å². The van der Waals surface area contributed by atoms with E-state index >= 15 is 0 Å². The minimum atomic E-state index is 0.380. The summed E-state index contributed by atoms with van der Waals surface area (Å²) in [6, 6.07) is 18.2. The van der Waals surface area contributed by atoms with Gasteiger partial charge in [-0.1, -0.05) is 53.7 Å². The molecule has 5 nitrogen and oxygen atoms in total. The SMILES string of the molecule is N=C(Nc1ccccc1-c1ccccc1)N1CCC(=NO)CC1. The van der Waals surface area contributed by atoms with E-state index in [0.29, 0.717) is 31.9 Å². The zero-order valence-electron chi connectivity index (χ0n) is 12.9. The molecule has 0 radical (unpaired) electrons. The maximum atomic E-state index is 8.81. The molecule has 0 amide bonds. The predicted octanol–water partition coefficient (Wildman–Crippen LogP) is 3.63. The Kier molecular flexibility index (Phi) is 4.57. The van der Waals surface area contributed by atoms with E-state index < -0.39 is 0 Å². The zero-order chi connectivity index (χ0) is 16.1.